The van der Waals surface area contributed by atoms with Gasteiger partial charge in [0.15, 0.2) is 0 Å². The Kier molecular flexibility index (Phi) is 8.04. The molecule has 3 heterocycles. The normalized spacial score (nSPS) is 16.6. The van der Waals surface area contributed by atoms with Gasteiger partial charge in [-0.15, -0.1) is 0 Å². The smallest absolute Gasteiger partial charge is 0.297 e. The maximum absolute atomic E-state index is 7.54. The molecule has 3 aliphatic rings. The van der Waals surface area contributed by atoms with Crippen molar-refractivity contribution in [1.82, 2.24) is 0 Å². The third kappa shape index (κ3) is 5.61. The zero-order valence-electron chi connectivity index (χ0n) is 35.6. The van der Waals surface area contributed by atoms with E-state index in [-0.39, 0.29) is 28.4 Å². The minimum atomic E-state index is -0.0801. The fraction of sp³-hybridized carbons (Fsp3) is 0.346. The van der Waals surface area contributed by atoms with E-state index in [1.165, 1.54) is 84.0 Å². The van der Waals surface area contributed by atoms with Crippen molar-refractivity contribution < 1.29 is 4.42 Å². The lowest BCUT2D eigenvalue weighted by atomic mass is 9.35. The van der Waals surface area contributed by atoms with Gasteiger partial charge in [0, 0.05) is 39.4 Å². The Hall–Kier alpha value is -4.96. The van der Waals surface area contributed by atoms with Gasteiger partial charge in [-0.3, -0.25) is 0 Å². The molecule has 0 N–H and O–H groups in total. The summed E-state index contributed by atoms with van der Waals surface area (Å²) >= 11 is 0. The first kappa shape index (κ1) is 36.7. The van der Waals surface area contributed by atoms with Gasteiger partial charge in [-0.25, -0.2) is 0 Å². The molecule has 5 aromatic carbocycles. The molecule has 2 aliphatic heterocycles. The predicted octanol–water partition coefficient (Wildman–Crippen LogP) is 12.6. The number of anilines is 6. The maximum Gasteiger partial charge on any atom is 0.297 e. The van der Waals surface area contributed by atoms with Crippen LogP contribution in [0.1, 0.15) is 116 Å². The molecule has 9 rings (SSSR count). The van der Waals surface area contributed by atoms with Crippen LogP contribution in [0.2, 0.25) is 0 Å². The molecule has 0 amide bonds. The first-order valence-electron chi connectivity index (χ1n) is 20.7. The Morgan fingerprint density at radius 3 is 1.84 bits per heavy atom. The lowest BCUT2D eigenvalue weighted by Gasteiger charge is -2.44. The van der Waals surface area contributed by atoms with Crippen molar-refractivity contribution in [3.8, 4) is 11.1 Å². The highest BCUT2D eigenvalue weighted by Gasteiger charge is 2.52. The molecule has 284 valence electrons. The Morgan fingerprint density at radius 2 is 1.20 bits per heavy atom. The minimum Gasteiger partial charge on any atom is -0.472 e. The Morgan fingerprint density at radius 1 is 0.589 bits per heavy atom. The summed E-state index contributed by atoms with van der Waals surface area (Å²) < 4.78 is 7.54. The van der Waals surface area contributed by atoms with E-state index < -0.39 is 0 Å². The molecule has 0 fully saturated rings. The molecule has 1 aromatic heterocycles. The largest absolute Gasteiger partial charge is 0.472 e. The molecule has 4 heteroatoms. The summed E-state index contributed by atoms with van der Waals surface area (Å²) in [4.78, 5) is 5.13. The van der Waals surface area contributed by atoms with Crippen LogP contribution in [0.25, 0.3) is 11.1 Å². The van der Waals surface area contributed by atoms with Crippen LogP contribution >= 0.6 is 0 Å². The number of hydrogen-bond acceptors (Lipinski definition) is 3. The molecule has 0 bridgehead atoms. The van der Waals surface area contributed by atoms with Crippen LogP contribution in [0.15, 0.2) is 108 Å². The van der Waals surface area contributed by atoms with E-state index in [0.29, 0.717) is 0 Å². The highest BCUT2D eigenvalue weighted by Crippen LogP contribution is 2.55. The van der Waals surface area contributed by atoms with Crippen LogP contribution in [-0.4, -0.2) is 6.71 Å². The summed E-state index contributed by atoms with van der Waals surface area (Å²) in [6, 6.07) is 39.2. The number of rotatable bonds is 3. The van der Waals surface area contributed by atoms with Crippen molar-refractivity contribution in [2.24, 2.45) is 0 Å². The van der Waals surface area contributed by atoms with Crippen molar-refractivity contribution in [1.29, 1.82) is 0 Å². The highest BCUT2D eigenvalue weighted by molar-refractivity contribution is 6.99. The molecule has 0 spiro atoms. The van der Waals surface area contributed by atoms with Gasteiger partial charge in [0.25, 0.3) is 6.71 Å². The average molecular weight is 737 g/mol. The number of aryl methyl sites for hydroxylation is 2. The molecular formula is C52H57BN2O. The van der Waals surface area contributed by atoms with Gasteiger partial charge >= 0.3 is 0 Å². The van der Waals surface area contributed by atoms with Crippen LogP contribution in [-0.2, 0) is 21.7 Å². The SMILES string of the molecule is Cc1cc2c3c(c1)N(c1ccc(C(C)(C)C)cc1)c1c(oc4c1C(C)(C)CCC4(C)C)B3c1cc(C(C)(C)C)ccc1N2c1ccc(-c2ccccc2)cc1C. The quantitative estimate of drug-likeness (QED) is 0.168. The first-order chi connectivity index (χ1) is 26.3. The van der Waals surface area contributed by atoms with Crippen molar-refractivity contribution in [2.45, 2.75) is 118 Å². The van der Waals surface area contributed by atoms with E-state index in [2.05, 4.69) is 196 Å². The van der Waals surface area contributed by atoms with Crippen LogP contribution in [0.5, 0.6) is 0 Å². The van der Waals surface area contributed by atoms with Crippen molar-refractivity contribution in [2.75, 3.05) is 9.80 Å². The number of fused-ring (bicyclic) bond motifs is 6. The minimum absolute atomic E-state index is 0.0196. The second-order valence-corrected chi connectivity index (χ2v) is 20.3. The lowest BCUT2D eigenvalue weighted by molar-refractivity contribution is 0.282. The van der Waals surface area contributed by atoms with E-state index in [1.807, 2.05) is 0 Å². The van der Waals surface area contributed by atoms with Gasteiger partial charge in [0.05, 0.1) is 11.3 Å². The van der Waals surface area contributed by atoms with E-state index in [0.717, 1.165) is 24.3 Å². The molecule has 0 saturated carbocycles. The standard InChI is InChI=1S/C52H57BN2O/c1-32-28-42-45-43(29-32)55(40-24-18-35(30-33(40)2)34-16-14-13-15-17-34)41-25-21-37(50(6,7)8)31-39(41)53(45)48-46(44-47(56-48)52(11,12)27-26-51(44,9)10)54(42)38-22-19-36(20-23-38)49(3,4)5/h13-25,28-31H,26-27H2,1-12H3. The van der Waals surface area contributed by atoms with Gasteiger partial charge < -0.3 is 14.2 Å². The molecule has 3 nitrogen and oxygen atoms in total. The first-order valence-corrected chi connectivity index (χ1v) is 20.7. The number of furan rings is 1. The third-order valence-corrected chi connectivity index (χ3v) is 13.1. The summed E-state index contributed by atoms with van der Waals surface area (Å²) in [5, 5.41) is 0. The summed E-state index contributed by atoms with van der Waals surface area (Å²) in [5.74, 6) is 1.16. The predicted molar refractivity (Wildman–Crippen MR) is 240 cm³/mol. The highest BCUT2D eigenvalue weighted by atomic mass is 16.3. The van der Waals surface area contributed by atoms with E-state index in [1.54, 1.807) is 0 Å². The van der Waals surface area contributed by atoms with Gasteiger partial charge in [-0.2, -0.15) is 0 Å². The maximum atomic E-state index is 7.54. The average Bonchev–Trinajstić information content (AvgIpc) is 3.56. The van der Waals surface area contributed by atoms with E-state index in [9.17, 15) is 0 Å². The number of hydrogen-bond donors (Lipinski definition) is 0. The Labute approximate surface area is 335 Å². The summed E-state index contributed by atoms with van der Waals surface area (Å²) in [6.07, 6.45) is 2.21. The van der Waals surface area contributed by atoms with Crippen LogP contribution < -0.4 is 26.4 Å². The summed E-state index contributed by atoms with van der Waals surface area (Å²) in [6.45, 7) is 28.0. The summed E-state index contributed by atoms with van der Waals surface area (Å²) in [5.41, 5.74) is 20.0. The van der Waals surface area contributed by atoms with Gasteiger partial charge in [0.2, 0.25) is 0 Å². The lowest BCUT2D eigenvalue weighted by Crippen LogP contribution is -2.61. The van der Waals surface area contributed by atoms with E-state index >= 15 is 0 Å². The van der Waals surface area contributed by atoms with Gasteiger partial charge in [0.1, 0.15) is 5.76 Å². The molecule has 0 atom stereocenters. The number of benzene rings is 5. The Bertz CT molecular complexity index is 2520. The van der Waals surface area contributed by atoms with Crippen LogP contribution in [0, 0.1) is 13.8 Å². The molecular weight excluding hydrogens is 679 g/mol. The van der Waals surface area contributed by atoms with Crippen molar-refractivity contribution in [3.63, 3.8) is 0 Å². The molecule has 1 aliphatic carbocycles. The zero-order valence-corrected chi connectivity index (χ0v) is 35.6. The topological polar surface area (TPSA) is 19.6 Å². The number of nitrogens with zero attached hydrogens (tertiary/aromatic N) is 2. The van der Waals surface area contributed by atoms with Crippen LogP contribution in [0.4, 0.5) is 34.1 Å². The molecule has 0 unspecified atom stereocenters. The molecule has 56 heavy (non-hydrogen) atoms. The fourth-order valence-electron chi connectivity index (χ4n) is 9.74. The van der Waals surface area contributed by atoms with E-state index in [4.69, 9.17) is 4.42 Å². The summed E-state index contributed by atoms with van der Waals surface area (Å²) in [7, 11) is 0. The molecule has 6 aromatic rings. The monoisotopic (exact) mass is 736 g/mol. The van der Waals surface area contributed by atoms with Gasteiger partial charge in [-0.1, -0.05) is 130 Å². The molecule has 0 saturated heterocycles. The van der Waals surface area contributed by atoms with Crippen LogP contribution in [0.3, 0.4) is 0 Å². The van der Waals surface area contributed by atoms with Gasteiger partial charge in [-0.05, 0) is 130 Å². The van der Waals surface area contributed by atoms with Crippen molar-refractivity contribution >= 4 is 57.4 Å². The second-order valence-electron chi connectivity index (χ2n) is 20.3. The second kappa shape index (κ2) is 12.3. The zero-order chi connectivity index (χ0) is 39.7. The fourth-order valence-corrected chi connectivity index (χ4v) is 9.74. The molecule has 0 radical (unpaired) electrons. The third-order valence-electron chi connectivity index (χ3n) is 13.1. The Balaban J connectivity index is 1.38. The van der Waals surface area contributed by atoms with Crippen molar-refractivity contribution in [3.05, 3.63) is 137 Å².